The fraction of sp³-hybridized carbons (Fsp3) is 0.429. The molecular formula is C7H10N2O4. The van der Waals surface area contributed by atoms with Gasteiger partial charge in [0, 0.05) is 12.8 Å². The molecule has 0 bridgehead atoms. The van der Waals surface area contributed by atoms with Crippen LogP contribution in [0.5, 0.6) is 0 Å². The maximum atomic E-state index is 10.1. The van der Waals surface area contributed by atoms with Gasteiger partial charge in [0.1, 0.15) is 0 Å². The van der Waals surface area contributed by atoms with Gasteiger partial charge in [-0.15, -0.1) is 0 Å². The fourth-order valence-electron chi connectivity index (χ4n) is 0.679. The van der Waals surface area contributed by atoms with Gasteiger partial charge < -0.3 is 0 Å². The van der Waals surface area contributed by atoms with E-state index in [1.165, 1.54) is 0 Å². The third-order valence-corrected chi connectivity index (χ3v) is 1.45. The van der Waals surface area contributed by atoms with Crippen LogP contribution < -0.4 is 0 Å². The molecule has 0 atom stereocenters. The summed E-state index contributed by atoms with van der Waals surface area (Å²) in [5.41, 5.74) is -0.257. The number of nitrogens with zero attached hydrogens (tertiary/aromatic N) is 2. The minimum atomic E-state index is -0.588. The van der Waals surface area contributed by atoms with Crippen LogP contribution in [0, 0.1) is 20.2 Å². The Hall–Kier alpha value is -1.72. The van der Waals surface area contributed by atoms with Crippen molar-refractivity contribution < 1.29 is 9.85 Å². The minimum absolute atomic E-state index is 0.129. The quantitative estimate of drug-likeness (QED) is 0.467. The SMILES string of the molecule is C=C(CCCC(=C)[N+](=O)[O-])[N+](=O)[O-]. The van der Waals surface area contributed by atoms with Crippen molar-refractivity contribution in [1.29, 1.82) is 0 Å². The van der Waals surface area contributed by atoms with Gasteiger partial charge in [0.05, 0.1) is 9.85 Å². The van der Waals surface area contributed by atoms with Crippen molar-refractivity contribution in [3.8, 4) is 0 Å². The van der Waals surface area contributed by atoms with Crippen LogP contribution in [0.1, 0.15) is 19.3 Å². The number of nitro groups is 2. The summed E-state index contributed by atoms with van der Waals surface area (Å²) in [6.45, 7) is 6.39. The molecule has 6 heteroatoms. The van der Waals surface area contributed by atoms with E-state index in [1.54, 1.807) is 0 Å². The number of hydrogen-bond acceptors (Lipinski definition) is 4. The first-order valence-corrected chi connectivity index (χ1v) is 3.59. The Morgan fingerprint density at radius 3 is 1.54 bits per heavy atom. The van der Waals surface area contributed by atoms with Gasteiger partial charge in [-0.1, -0.05) is 0 Å². The normalized spacial score (nSPS) is 9.23. The highest BCUT2D eigenvalue weighted by Gasteiger charge is 2.10. The third-order valence-electron chi connectivity index (χ3n) is 1.45. The van der Waals surface area contributed by atoms with Crippen LogP contribution in [0.2, 0.25) is 0 Å². The van der Waals surface area contributed by atoms with Crippen molar-refractivity contribution in [3.05, 3.63) is 44.8 Å². The summed E-state index contributed by atoms with van der Waals surface area (Å²) < 4.78 is 0. The lowest BCUT2D eigenvalue weighted by atomic mass is 10.2. The van der Waals surface area contributed by atoms with Crippen LogP contribution in [0.25, 0.3) is 0 Å². The van der Waals surface area contributed by atoms with E-state index < -0.39 is 9.85 Å². The van der Waals surface area contributed by atoms with Gasteiger partial charge >= 0.3 is 0 Å². The lowest BCUT2D eigenvalue weighted by molar-refractivity contribution is -0.430. The van der Waals surface area contributed by atoms with E-state index in [4.69, 9.17) is 0 Å². The molecule has 0 amide bonds. The molecule has 13 heavy (non-hydrogen) atoms. The minimum Gasteiger partial charge on any atom is -0.259 e. The summed E-state index contributed by atoms with van der Waals surface area (Å²) in [6, 6.07) is 0. The maximum absolute atomic E-state index is 10.1. The lowest BCUT2D eigenvalue weighted by Crippen LogP contribution is -2.00. The van der Waals surface area contributed by atoms with Gasteiger partial charge in [-0.05, 0) is 19.6 Å². The molecule has 0 unspecified atom stereocenters. The van der Waals surface area contributed by atoms with Crippen LogP contribution in [0.15, 0.2) is 24.6 Å². The molecule has 72 valence electrons. The molecule has 0 heterocycles. The van der Waals surface area contributed by atoms with E-state index in [0.717, 1.165) is 0 Å². The average Bonchev–Trinajstić information content (AvgIpc) is 2.03. The van der Waals surface area contributed by atoms with Gasteiger partial charge in [-0.3, -0.25) is 20.2 Å². The molecule has 0 aromatic heterocycles. The number of allylic oxidation sites excluding steroid dienone is 2. The monoisotopic (exact) mass is 186 g/mol. The van der Waals surface area contributed by atoms with E-state index in [9.17, 15) is 20.2 Å². The first-order valence-electron chi connectivity index (χ1n) is 3.59. The summed E-state index contributed by atoms with van der Waals surface area (Å²) >= 11 is 0. The van der Waals surface area contributed by atoms with E-state index in [0.29, 0.717) is 6.42 Å². The highest BCUT2D eigenvalue weighted by atomic mass is 16.6. The zero-order chi connectivity index (χ0) is 10.4. The topological polar surface area (TPSA) is 86.3 Å². The van der Waals surface area contributed by atoms with E-state index in [-0.39, 0.29) is 24.2 Å². The van der Waals surface area contributed by atoms with Crippen LogP contribution in [0.3, 0.4) is 0 Å². The molecule has 0 radical (unpaired) electrons. The van der Waals surface area contributed by atoms with Crippen molar-refractivity contribution >= 4 is 0 Å². The van der Waals surface area contributed by atoms with Gasteiger partial charge in [-0.2, -0.15) is 0 Å². The number of hydrogen-bond donors (Lipinski definition) is 0. The van der Waals surface area contributed by atoms with E-state index in [2.05, 4.69) is 13.2 Å². The molecular weight excluding hydrogens is 176 g/mol. The maximum Gasteiger partial charge on any atom is 0.239 e. The van der Waals surface area contributed by atoms with Gasteiger partial charge in [-0.25, -0.2) is 0 Å². The summed E-state index contributed by atoms with van der Waals surface area (Å²) in [5.74, 6) is 0. The third kappa shape index (κ3) is 4.67. The Kier molecular flexibility index (Phi) is 4.36. The molecule has 0 aliphatic heterocycles. The summed E-state index contributed by atoms with van der Waals surface area (Å²) in [5, 5.41) is 20.1. The smallest absolute Gasteiger partial charge is 0.239 e. The van der Waals surface area contributed by atoms with Gasteiger partial charge in [0.25, 0.3) is 0 Å². The first-order chi connectivity index (χ1) is 5.95. The molecule has 0 spiro atoms. The van der Waals surface area contributed by atoms with Crippen LogP contribution in [0.4, 0.5) is 0 Å². The highest BCUT2D eigenvalue weighted by molar-refractivity contribution is 4.85. The summed E-state index contributed by atoms with van der Waals surface area (Å²) in [4.78, 5) is 18.9. The average molecular weight is 186 g/mol. The van der Waals surface area contributed by atoms with Crippen molar-refractivity contribution in [1.82, 2.24) is 0 Å². The van der Waals surface area contributed by atoms with Crippen molar-refractivity contribution in [2.75, 3.05) is 0 Å². The second kappa shape index (κ2) is 5.02. The Labute approximate surface area is 74.9 Å². The predicted octanol–water partition coefficient (Wildman–Crippen LogP) is 1.74. The van der Waals surface area contributed by atoms with Crippen LogP contribution in [-0.4, -0.2) is 9.85 Å². The number of rotatable bonds is 6. The second-order valence-corrected chi connectivity index (χ2v) is 2.50. The molecule has 0 rings (SSSR count). The molecule has 0 aromatic carbocycles. The van der Waals surface area contributed by atoms with Gasteiger partial charge in [0.2, 0.25) is 11.4 Å². The van der Waals surface area contributed by atoms with E-state index >= 15 is 0 Å². The largest absolute Gasteiger partial charge is 0.259 e. The molecule has 0 saturated heterocycles. The van der Waals surface area contributed by atoms with Crippen molar-refractivity contribution in [2.24, 2.45) is 0 Å². The van der Waals surface area contributed by atoms with Crippen LogP contribution in [-0.2, 0) is 0 Å². The zero-order valence-corrected chi connectivity index (χ0v) is 7.06. The summed E-state index contributed by atoms with van der Waals surface area (Å²) in [7, 11) is 0. The van der Waals surface area contributed by atoms with E-state index in [1.807, 2.05) is 0 Å². The standard InChI is InChI=1S/C7H10N2O4/c1-6(8(10)11)4-3-5-7(2)9(12)13/h1-5H2. The zero-order valence-electron chi connectivity index (χ0n) is 7.06. The Morgan fingerprint density at radius 1 is 1.00 bits per heavy atom. The second-order valence-electron chi connectivity index (χ2n) is 2.50. The Morgan fingerprint density at radius 2 is 1.31 bits per heavy atom. The Bertz CT molecular complexity index is 233. The van der Waals surface area contributed by atoms with Crippen LogP contribution >= 0.6 is 0 Å². The molecule has 0 aliphatic carbocycles. The first kappa shape index (κ1) is 11.3. The summed E-state index contributed by atoms with van der Waals surface area (Å²) in [6.07, 6.45) is 0.638. The fourth-order valence-corrected chi connectivity index (χ4v) is 0.679. The molecule has 6 nitrogen and oxygen atoms in total. The Balaban J connectivity index is 3.69. The predicted molar refractivity (Wildman–Crippen MR) is 46.1 cm³/mol. The highest BCUT2D eigenvalue weighted by Crippen LogP contribution is 2.10. The van der Waals surface area contributed by atoms with Crippen molar-refractivity contribution in [3.63, 3.8) is 0 Å². The lowest BCUT2D eigenvalue weighted by Gasteiger charge is -1.95. The molecule has 0 N–H and O–H groups in total. The molecule has 0 saturated carbocycles. The molecule has 0 aliphatic rings. The van der Waals surface area contributed by atoms with Gasteiger partial charge in [0.15, 0.2) is 0 Å². The van der Waals surface area contributed by atoms with Crippen molar-refractivity contribution in [2.45, 2.75) is 19.3 Å². The molecule has 0 aromatic rings. The molecule has 0 fully saturated rings.